The van der Waals surface area contributed by atoms with Crippen LogP contribution in [-0.2, 0) is 0 Å². The summed E-state index contributed by atoms with van der Waals surface area (Å²) in [5.41, 5.74) is 0. The van der Waals surface area contributed by atoms with E-state index in [0.717, 1.165) is 19.3 Å². The Bertz CT molecular complexity index is 705. The number of hydrogen-bond donors (Lipinski definition) is 1. The Morgan fingerprint density at radius 2 is 1.67 bits per heavy atom. The molecule has 0 amide bonds. The molecule has 0 aliphatic rings. The van der Waals surface area contributed by atoms with Gasteiger partial charge in [-0.2, -0.15) is 0 Å². The van der Waals surface area contributed by atoms with Gasteiger partial charge in [-0.25, -0.2) is 0 Å². The minimum absolute atomic E-state index is 0.0200. The van der Waals surface area contributed by atoms with Gasteiger partial charge in [0.15, 0.2) is 0 Å². The van der Waals surface area contributed by atoms with Crippen LogP contribution < -0.4 is 5.32 Å². The zero-order valence-corrected chi connectivity index (χ0v) is 14.3. The fourth-order valence-electron chi connectivity index (χ4n) is 2.14. The quantitative estimate of drug-likeness (QED) is 0.592. The van der Waals surface area contributed by atoms with Gasteiger partial charge >= 0.3 is 0 Å². The summed E-state index contributed by atoms with van der Waals surface area (Å²) in [5, 5.41) is 3.59. The van der Waals surface area contributed by atoms with E-state index in [0.29, 0.717) is 0 Å². The summed E-state index contributed by atoms with van der Waals surface area (Å²) in [4.78, 5) is 2.32. The van der Waals surface area contributed by atoms with Gasteiger partial charge in [0, 0.05) is 15.8 Å². The van der Waals surface area contributed by atoms with E-state index < -0.39 is 0 Å². The summed E-state index contributed by atoms with van der Waals surface area (Å²) in [6.45, 7) is 2.12. The van der Waals surface area contributed by atoms with Crippen molar-refractivity contribution in [3.8, 4) is 0 Å². The number of furan rings is 1. The molecule has 3 rings (SSSR count). The molecule has 6 heteroatoms. The number of thiophene rings is 2. The Kier molecular flexibility index (Phi) is 4.72. The maximum absolute atomic E-state index is 6.07. The molecule has 3 aromatic rings. The van der Waals surface area contributed by atoms with Gasteiger partial charge in [-0.15, -0.1) is 22.7 Å². The van der Waals surface area contributed by atoms with Crippen LogP contribution in [0.3, 0.4) is 0 Å². The zero-order chi connectivity index (χ0) is 14.8. The van der Waals surface area contributed by atoms with Gasteiger partial charge in [0.05, 0.1) is 14.9 Å². The van der Waals surface area contributed by atoms with E-state index in [1.165, 1.54) is 4.88 Å². The summed E-state index contributed by atoms with van der Waals surface area (Å²) in [6, 6.07) is 11.9. The van der Waals surface area contributed by atoms with E-state index in [9.17, 15) is 0 Å². The smallest absolute Gasteiger partial charge is 0.126 e. The molecule has 0 aliphatic heterocycles. The summed E-state index contributed by atoms with van der Waals surface area (Å²) in [7, 11) is 0. The molecule has 1 N–H and O–H groups in total. The van der Waals surface area contributed by atoms with Crippen LogP contribution in [0, 0.1) is 0 Å². The summed E-state index contributed by atoms with van der Waals surface area (Å²) < 4.78 is 7.15. The molecule has 0 radical (unpaired) electrons. The monoisotopic (exact) mass is 357 g/mol. The van der Waals surface area contributed by atoms with Crippen molar-refractivity contribution in [1.82, 2.24) is 5.32 Å². The maximum atomic E-state index is 6.07. The second kappa shape index (κ2) is 6.55. The molecule has 0 saturated carbocycles. The predicted molar refractivity (Wildman–Crippen MR) is 90.8 cm³/mol. The lowest BCUT2D eigenvalue weighted by Gasteiger charge is -2.20. The van der Waals surface area contributed by atoms with Gasteiger partial charge in [0.1, 0.15) is 11.8 Å². The van der Waals surface area contributed by atoms with E-state index >= 15 is 0 Å². The Hall–Kier alpha value is -0.780. The van der Waals surface area contributed by atoms with E-state index in [1.807, 2.05) is 36.4 Å². The number of halogens is 2. The fraction of sp³-hybridized carbons (Fsp3) is 0.200. The molecule has 0 spiro atoms. The van der Waals surface area contributed by atoms with Gasteiger partial charge in [0.25, 0.3) is 0 Å². The van der Waals surface area contributed by atoms with Crippen molar-refractivity contribution in [2.45, 2.75) is 19.0 Å². The minimum Gasteiger partial charge on any atom is -0.467 e. The van der Waals surface area contributed by atoms with E-state index in [4.69, 9.17) is 27.6 Å². The molecular formula is C15H13Cl2NOS2. The van der Waals surface area contributed by atoms with E-state index in [2.05, 4.69) is 12.2 Å². The third-order valence-electron chi connectivity index (χ3n) is 3.14. The van der Waals surface area contributed by atoms with Gasteiger partial charge < -0.3 is 4.42 Å². The third kappa shape index (κ3) is 3.52. The van der Waals surface area contributed by atoms with E-state index in [1.54, 1.807) is 28.9 Å². The summed E-state index contributed by atoms with van der Waals surface area (Å²) >= 11 is 15.2. The summed E-state index contributed by atoms with van der Waals surface area (Å²) in [5.74, 6) is 0.878. The average Bonchev–Trinajstić information content (AvgIpc) is 3.17. The average molecular weight is 358 g/mol. The molecule has 0 bridgehead atoms. The molecule has 2 nitrogen and oxygen atoms in total. The third-order valence-corrected chi connectivity index (χ3v) is 5.85. The van der Waals surface area contributed by atoms with Crippen LogP contribution in [0.4, 0.5) is 0 Å². The topological polar surface area (TPSA) is 25.2 Å². The highest BCUT2D eigenvalue weighted by Gasteiger charge is 2.22. The molecule has 2 atom stereocenters. The molecule has 0 saturated heterocycles. The fourth-order valence-corrected chi connectivity index (χ4v) is 4.34. The van der Waals surface area contributed by atoms with E-state index in [-0.39, 0.29) is 12.1 Å². The highest BCUT2D eigenvalue weighted by Crippen LogP contribution is 2.34. The van der Waals surface area contributed by atoms with Gasteiger partial charge in [-0.1, -0.05) is 23.2 Å². The first-order chi connectivity index (χ1) is 10.1. The van der Waals surface area contributed by atoms with Crippen molar-refractivity contribution in [2.75, 3.05) is 0 Å². The van der Waals surface area contributed by atoms with Crippen molar-refractivity contribution in [3.63, 3.8) is 0 Å². The Morgan fingerprint density at radius 1 is 1.00 bits per heavy atom. The highest BCUT2D eigenvalue weighted by atomic mass is 35.5. The zero-order valence-electron chi connectivity index (χ0n) is 11.2. The second-order valence-corrected chi connectivity index (χ2v) is 8.11. The lowest BCUT2D eigenvalue weighted by Crippen LogP contribution is -2.24. The molecule has 3 aromatic heterocycles. The maximum Gasteiger partial charge on any atom is 0.126 e. The van der Waals surface area contributed by atoms with Gasteiger partial charge in [-0.05, 0) is 43.3 Å². The highest BCUT2D eigenvalue weighted by molar-refractivity contribution is 7.16. The van der Waals surface area contributed by atoms with Gasteiger partial charge in [0.2, 0.25) is 0 Å². The molecular weight excluding hydrogens is 345 g/mol. The van der Waals surface area contributed by atoms with Crippen LogP contribution in [-0.4, -0.2) is 0 Å². The van der Waals surface area contributed by atoms with Crippen molar-refractivity contribution in [2.24, 2.45) is 0 Å². The number of hydrogen-bond acceptors (Lipinski definition) is 4. The lowest BCUT2D eigenvalue weighted by atomic mass is 10.1. The Morgan fingerprint density at radius 3 is 2.19 bits per heavy atom. The normalized spacial score (nSPS) is 14.2. The molecule has 3 heterocycles. The van der Waals surface area contributed by atoms with Crippen LogP contribution in [0.15, 0.2) is 47.1 Å². The summed E-state index contributed by atoms with van der Waals surface area (Å²) in [6.07, 6.45) is 1.69. The van der Waals surface area contributed by atoms with Crippen molar-refractivity contribution >= 4 is 45.9 Å². The largest absolute Gasteiger partial charge is 0.467 e. The van der Waals surface area contributed by atoms with Crippen LogP contribution in [0.2, 0.25) is 8.67 Å². The van der Waals surface area contributed by atoms with Crippen LogP contribution in [0.25, 0.3) is 0 Å². The lowest BCUT2D eigenvalue weighted by molar-refractivity contribution is 0.424. The predicted octanol–water partition coefficient (Wildman–Crippen LogP) is 6.15. The molecule has 0 aromatic carbocycles. The van der Waals surface area contributed by atoms with Crippen molar-refractivity contribution in [3.05, 3.63) is 66.8 Å². The van der Waals surface area contributed by atoms with Crippen LogP contribution >= 0.6 is 45.9 Å². The van der Waals surface area contributed by atoms with Gasteiger partial charge in [-0.3, -0.25) is 5.32 Å². The molecule has 0 fully saturated rings. The minimum atomic E-state index is -0.0200. The van der Waals surface area contributed by atoms with Crippen LogP contribution in [0.5, 0.6) is 0 Å². The first-order valence-electron chi connectivity index (χ1n) is 6.43. The number of nitrogens with one attached hydrogen (secondary N) is 1. The van der Waals surface area contributed by atoms with Crippen LogP contribution in [0.1, 0.15) is 34.5 Å². The Balaban J connectivity index is 1.86. The SMILES string of the molecule is CC(NC(c1ccco1)c1ccc(Cl)s1)c1ccc(Cl)s1. The first kappa shape index (κ1) is 15.1. The number of rotatable bonds is 5. The van der Waals surface area contributed by atoms with Crippen molar-refractivity contribution < 1.29 is 4.42 Å². The Labute approximate surface area is 141 Å². The second-order valence-electron chi connectivity index (χ2n) is 4.62. The molecule has 2 unspecified atom stereocenters. The molecule has 110 valence electrons. The molecule has 21 heavy (non-hydrogen) atoms. The first-order valence-corrected chi connectivity index (χ1v) is 8.82. The standard InChI is InChI=1S/C15H13Cl2NOS2/c1-9(11-4-6-13(16)20-11)18-15(10-3-2-8-19-10)12-5-7-14(17)21-12/h2-9,15,18H,1H3. The van der Waals surface area contributed by atoms with Crippen molar-refractivity contribution in [1.29, 1.82) is 0 Å². The molecule has 0 aliphatic carbocycles.